The maximum absolute atomic E-state index is 12.2. The van der Waals surface area contributed by atoms with E-state index < -0.39 is 0 Å². The molecule has 3 unspecified atom stereocenters. The van der Waals surface area contributed by atoms with Crippen LogP contribution in [0.5, 0.6) is 0 Å². The number of hydrogen-bond acceptors (Lipinski definition) is 2. The lowest BCUT2D eigenvalue weighted by Crippen LogP contribution is -2.38. The number of amides is 1. The molecule has 2 rings (SSSR count). The zero-order chi connectivity index (χ0) is 11.0. The van der Waals surface area contributed by atoms with Gasteiger partial charge >= 0.3 is 0 Å². The van der Waals surface area contributed by atoms with Gasteiger partial charge in [0, 0.05) is 6.04 Å². The van der Waals surface area contributed by atoms with Crippen LogP contribution in [-0.4, -0.2) is 29.1 Å². The number of carbonyl (C=O) groups excluding carboxylic acids is 1. The quantitative estimate of drug-likeness (QED) is 0.766. The Labute approximate surface area is 92.2 Å². The minimum Gasteiger partial charge on any atom is -0.323 e. The van der Waals surface area contributed by atoms with Crippen molar-refractivity contribution in [1.29, 1.82) is 0 Å². The van der Waals surface area contributed by atoms with E-state index in [1.807, 2.05) is 0 Å². The summed E-state index contributed by atoms with van der Waals surface area (Å²) in [7, 11) is 0. The number of hydrogen-bond donors (Lipinski definition) is 1. The SMILES string of the molecule is CCC(C)C1NC(CC)N(C2CC2)C1=O. The van der Waals surface area contributed by atoms with Gasteiger partial charge in [-0.2, -0.15) is 0 Å². The van der Waals surface area contributed by atoms with Crippen LogP contribution in [0.4, 0.5) is 0 Å². The third-order valence-corrected chi connectivity index (χ3v) is 3.77. The van der Waals surface area contributed by atoms with Crippen molar-refractivity contribution >= 4 is 5.91 Å². The predicted molar refractivity (Wildman–Crippen MR) is 60.3 cm³/mol. The lowest BCUT2D eigenvalue weighted by molar-refractivity contribution is -0.131. The van der Waals surface area contributed by atoms with Crippen molar-refractivity contribution in [3.63, 3.8) is 0 Å². The molecule has 2 fully saturated rings. The van der Waals surface area contributed by atoms with E-state index in [1.54, 1.807) is 0 Å². The fourth-order valence-corrected chi connectivity index (χ4v) is 2.42. The monoisotopic (exact) mass is 210 g/mol. The second-order valence-electron chi connectivity index (χ2n) is 4.93. The van der Waals surface area contributed by atoms with Crippen molar-refractivity contribution in [2.24, 2.45) is 5.92 Å². The molecular formula is C12H22N2O. The molecule has 1 saturated heterocycles. The Morgan fingerprint density at radius 3 is 2.60 bits per heavy atom. The third-order valence-electron chi connectivity index (χ3n) is 3.77. The average molecular weight is 210 g/mol. The van der Waals surface area contributed by atoms with Gasteiger partial charge in [-0.25, -0.2) is 0 Å². The van der Waals surface area contributed by atoms with Gasteiger partial charge in [0.05, 0.1) is 12.2 Å². The summed E-state index contributed by atoms with van der Waals surface area (Å²) >= 11 is 0. The normalized spacial score (nSPS) is 33.5. The molecule has 0 aromatic carbocycles. The highest BCUT2D eigenvalue weighted by Gasteiger charge is 2.46. The molecule has 0 spiro atoms. The fourth-order valence-electron chi connectivity index (χ4n) is 2.42. The Hall–Kier alpha value is -0.570. The Morgan fingerprint density at radius 2 is 2.13 bits per heavy atom. The molecule has 1 amide bonds. The van der Waals surface area contributed by atoms with E-state index in [9.17, 15) is 4.79 Å². The maximum atomic E-state index is 12.2. The van der Waals surface area contributed by atoms with Crippen LogP contribution < -0.4 is 5.32 Å². The second-order valence-corrected chi connectivity index (χ2v) is 4.93. The van der Waals surface area contributed by atoms with Crippen molar-refractivity contribution in [3.05, 3.63) is 0 Å². The molecule has 0 radical (unpaired) electrons. The second kappa shape index (κ2) is 4.12. The molecule has 3 nitrogen and oxygen atoms in total. The van der Waals surface area contributed by atoms with Crippen LogP contribution in [0.3, 0.4) is 0 Å². The molecule has 3 heteroatoms. The third kappa shape index (κ3) is 1.89. The largest absolute Gasteiger partial charge is 0.323 e. The van der Waals surface area contributed by atoms with Crippen LogP contribution in [0.15, 0.2) is 0 Å². The summed E-state index contributed by atoms with van der Waals surface area (Å²) in [5.74, 6) is 0.800. The van der Waals surface area contributed by atoms with Crippen molar-refractivity contribution < 1.29 is 4.79 Å². The van der Waals surface area contributed by atoms with E-state index in [4.69, 9.17) is 0 Å². The molecule has 3 atom stereocenters. The van der Waals surface area contributed by atoms with E-state index in [1.165, 1.54) is 12.8 Å². The first-order valence-corrected chi connectivity index (χ1v) is 6.27. The minimum absolute atomic E-state index is 0.0700. The fraction of sp³-hybridized carbons (Fsp3) is 0.917. The summed E-state index contributed by atoms with van der Waals surface area (Å²) in [5, 5.41) is 3.49. The van der Waals surface area contributed by atoms with Crippen molar-refractivity contribution in [2.45, 2.75) is 64.7 Å². The van der Waals surface area contributed by atoms with Gasteiger partial charge in [0.2, 0.25) is 5.91 Å². The standard InChI is InChI=1S/C12H22N2O/c1-4-8(3)11-12(15)14(9-6-7-9)10(5-2)13-11/h8-11,13H,4-7H2,1-3H3. The van der Waals surface area contributed by atoms with Crippen LogP contribution in [-0.2, 0) is 4.79 Å². The average Bonchev–Trinajstić information content (AvgIpc) is 3.02. The van der Waals surface area contributed by atoms with Crippen LogP contribution >= 0.6 is 0 Å². The smallest absolute Gasteiger partial charge is 0.241 e. The predicted octanol–water partition coefficient (Wildman–Crippen LogP) is 1.73. The highest BCUT2D eigenvalue weighted by atomic mass is 16.2. The van der Waals surface area contributed by atoms with Gasteiger partial charge in [-0.3, -0.25) is 10.1 Å². The van der Waals surface area contributed by atoms with Crippen LogP contribution in [0.25, 0.3) is 0 Å². The molecule has 0 bridgehead atoms. The van der Waals surface area contributed by atoms with E-state index in [-0.39, 0.29) is 6.04 Å². The number of rotatable bonds is 4. The van der Waals surface area contributed by atoms with Crippen LogP contribution in [0.1, 0.15) is 46.5 Å². The van der Waals surface area contributed by atoms with E-state index in [2.05, 4.69) is 31.0 Å². The molecule has 1 N–H and O–H groups in total. The zero-order valence-electron chi connectivity index (χ0n) is 9.99. The molecule has 1 heterocycles. The van der Waals surface area contributed by atoms with E-state index in [0.29, 0.717) is 24.0 Å². The molecule has 86 valence electrons. The van der Waals surface area contributed by atoms with Crippen LogP contribution in [0, 0.1) is 5.92 Å². The summed E-state index contributed by atoms with van der Waals surface area (Å²) in [6.45, 7) is 6.47. The van der Waals surface area contributed by atoms with Crippen molar-refractivity contribution in [2.75, 3.05) is 0 Å². The highest BCUT2D eigenvalue weighted by Crippen LogP contribution is 2.33. The summed E-state index contributed by atoms with van der Waals surface area (Å²) in [5.41, 5.74) is 0. The van der Waals surface area contributed by atoms with Gasteiger partial charge < -0.3 is 4.90 Å². The highest BCUT2D eigenvalue weighted by molar-refractivity contribution is 5.85. The van der Waals surface area contributed by atoms with Gasteiger partial charge in [-0.15, -0.1) is 0 Å². The number of carbonyl (C=O) groups is 1. The summed E-state index contributed by atoms with van der Waals surface area (Å²) in [6.07, 6.45) is 4.80. The van der Waals surface area contributed by atoms with E-state index in [0.717, 1.165) is 12.8 Å². The maximum Gasteiger partial charge on any atom is 0.241 e. The lowest BCUT2D eigenvalue weighted by atomic mass is 9.99. The lowest BCUT2D eigenvalue weighted by Gasteiger charge is -2.22. The Kier molecular flexibility index (Phi) is 3.01. The Bertz CT molecular complexity index is 250. The molecular weight excluding hydrogens is 188 g/mol. The summed E-state index contributed by atoms with van der Waals surface area (Å²) in [6, 6.07) is 0.615. The van der Waals surface area contributed by atoms with Crippen molar-refractivity contribution in [3.8, 4) is 0 Å². The molecule has 1 aliphatic heterocycles. The van der Waals surface area contributed by atoms with Crippen molar-refractivity contribution in [1.82, 2.24) is 10.2 Å². The molecule has 1 saturated carbocycles. The number of nitrogens with zero attached hydrogens (tertiary/aromatic N) is 1. The minimum atomic E-state index is 0.0700. The first-order valence-electron chi connectivity index (χ1n) is 6.27. The Morgan fingerprint density at radius 1 is 1.47 bits per heavy atom. The first kappa shape index (κ1) is 10.9. The molecule has 1 aliphatic carbocycles. The molecule has 15 heavy (non-hydrogen) atoms. The molecule has 0 aromatic heterocycles. The van der Waals surface area contributed by atoms with Gasteiger partial charge in [0.25, 0.3) is 0 Å². The summed E-state index contributed by atoms with van der Waals surface area (Å²) < 4.78 is 0. The topological polar surface area (TPSA) is 32.3 Å². The molecule has 0 aromatic rings. The molecule has 2 aliphatic rings. The van der Waals surface area contributed by atoms with Gasteiger partial charge in [-0.05, 0) is 25.2 Å². The van der Waals surface area contributed by atoms with Gasteiger partial charge in [0.1, 0.15) is 0 Å². The summed E-state index contributed by atoms with van der Waals surface area (Å²) in [4.78, 5) is 14.3. The van der Waals surface area contributed by atoms with E-state index >= 15 is 0 Å². The Balaban J connectivity index is 2.08. The number of nitrogens with one attached hydrogen (secondary N) is 1. The zero-order valence-corrected chi connectivity index (χ0v) is 9.99. The van der Waals surface area contributed by atoms with Gasteiger partial charge in [-0.1, -0.05) is 27.2 Å². The first-order chi connectivity index (χ1) is 7.19. The van der Waals surface area contributed by atoms with Crippen LogP contribution in [0.2, 0.25) is 0 Å². The van der Waals surface area contributed by atoms with Gasteiger partial charge in [0.15, 0.2) is 0 Å².